The number of nitrogens with one attached hydrogen (secondary N) is 2. The number of rotatable bonds is 4. The van der Waals surface area contributed by atoms with Crippen LogP contribution in [0.25, 0.3) is 10.9 Å². The third-order valence-corrected chi connectivity index (χ3v) is 5.59. The first kappa shape index (κ1) is 17.0. The lowest BCUT2D eigenvalue weighted by Gasteiger charge is -2.32. The minimum Gasteiger partial charge on any atom is -0.378 e. The topological polar surface area (TPSA) is 40.5 Å². The van der Waals surface area contributed by atoms with Crippen molar-refractivity contribution in [2.75, 3.05) is 25.5 Å². The van der Waals surface area contributed by atoms with Gasteiger partial charge in [0, 0.05) is 36.4 Å². The molecule has 0 radical (unpaired) electrons. The van der Waals surface area contributed by atoms with E-state index >= 15 is 0 Å². The number of likely N-dealkylation sites (tertiary alicyclic amines) is 1. The summed E-state index contributed by atoms with van der Waals surface area (Å²) in [5.41, 5.74) is 4.21. The van der Waals surface area contributed by atoms with Crippen molar-refractivity contribution in [3.63, 3.8) is 0 Å². The van der Waals surface area contributed by atoms with Crippen molar-refractivity contribution in [2.45, 2.75) is 52.1 Å². The highest BCUT2D eigenvalue weighted by Gasteiger charge is 2.26. The molecule has 4 nitrogen and oxygen atoms in total. The SMILES string of the molecule is CC[C@H]1CCCC[NH+]1Cc1c(C)[nH]c2ccc(N(C)C)cc2c1=O. The summed E-state index contributed by atoms with van der Waals surface area (Å²) >= 11 is 0. The largest absolute Gasteiger partial charge is 0.378 e. The zero-order valence-corrected chi connectivity index (χ0v) is 15.4. The first-order chi connectivity index (χ1) is 11.5. The van der Waals surface area contributed by atoms with Crippen molar-refractivity contribution in [3.05, 3.63) is 39.7 Å². The molecule has 0 aliphatic carbocycles. The number of aromatic amines is 1. The third kappa shape index (κ3) is 3.20. The Bertz CT molecular complexity index is 778. The van der Waals surface area contributed by atoms with Crippen LogP contribution in [0.2, 0.25) is 0 Å². The molecule has 2 aromatic rings. The van der Waals surface area contributed by atoms with E-state index < -0.39 is 0 Å². The summed E-state index contributed by atoms with van der Waals surface area (Å²) in [7, 11) is 4.02. The molecule has 1 saturated heterocycles. The molecule has 4 heteroatoms. The first-order valence-corrected chi connectivity index (χ1v) is 9.18. The van der Waals surface area contributed by atoms with Gasteiger partial charge in [0.15, 0.2) is 5.43 Å². The van der Waals surface area contributed by atoms with Gasteiger partial charge in [0.25, 0.3) is 0 Å². The Morgan fingerprint density at radius 2 is 2.08 bits per heavy atom. The number of piperidine rings is 1. The summed E-state index contributed by atoms with van der Waals surface area (Å²) in [6, 6.07) is 6.78. The maximum atomic E-state index is 13.1. The van der Waals surface area contributed by atoms with Crippen molar-refractivity contribution in [1.82, 2.24) is 4.98 Å². The molecule has 1 aliphatic rings. The van der Waals surface area contributed by atoms with E-state index in [0.29, 0.717) is 6.04 Å². The molecule has 1 unspecified atom stereocenters. The number of H-pyrrole nitrogens is 1. The van der Waals surface area contributed by atoms with E-state index in [1.165, 1.54) is 32.2 Å². The van der Waals surface area contributed by atoms with Gasteiger partial charge in [0.1, 0.15) is 6.54 Å². The second-order valence-electron chi connectivity index (χ2n) is 7.37. The fourth-order valence-corrected chi connectivity index (χ4v) is 4.03. The van der Waals surface area contributed by atoms with Gasteiger partial charge in [0.05, 0.1) is 18.2 Å². The minimum atomic E-state index is 0.206. The molecule has 2 N–H and O–H groups in total. The molecule has 1 aliphatic heterocycles. The minimum absolute atomic E-state index is 0.206. The van der Waals surface area contributed by atoms with E-state index in [-0.39, 0.29) is 5.43 Å². The Labute approximate surface area is 144 Å². The van der Waals surface area contributed by atoms with Crippen LogP contribution in [0.3, 0.4) is 0 Å². The molecule has 2 atom stereocenters. The molecule has 0 saturated carbocycles. The number of quaternary nitrogens is 1. The van der Waals surface area contributed by atoms with Crippen LogP contribution >= 0.6 is 0 Å². The summed E-state index contributed by atoms with van der Waals surface area (Å²) in [6.07, 6.45) is 5.11. The first-order valence-electron chi connectivity index (χ1n) is 9.18. The molecule has 1 fully saturated rings. The van der Waals surface area contributed by atoms with Crippen LogP contribution in [-0.2, 0) is 6.54 Å². The standard InChI is InChI=1S/C20H29N3O/c1-5-15-8-6-7-11-23(15)13-18-14(2)21-19-10-9-16(22(3)4)12-17(19)20(18)24/h9-10,12,15H,5-8,11,13H2,1-4H3,(H,21,24)/p+1/t15-/m0/s1. The molecule has 2 heterocycles. The van der Waals surface area contributed by atoms with E-state index in [1.54, 1.807) is 4.90 Å². The monoisotopic (exact) mass is 328 g/mol. The normalized spacial score (nSPS) is 21.2. The molecule has 130 valence electrons. The number of nitrogens with zero attached hydrogens (tertiary/aromatic N) is 1. The van der Waals surface area contributed by atoms with Crippen LogP contribution in [0.1, 0.15) is 43.9 Å². The number of benzene rings is 1. The fraction of sp³-hybridized carbons (Fsp3) is 0.550. The number of aromatic nitrogens is 1. The van der Waals surface area contributed by atoms with Crippen molar-refractivity contribution < 1.29 is 4.90 Å². The van der Waals surface area contributed by atoms with E-state index in [1.807, 2.05) is 38.1 Å². The van der Waals surface area contributed by atoms with Gasteiger partial charge in [-0.05, 0) is 50.8 Å². The Kier molecular flexibility index (Phi) is 4.95. The molecular formula is C20H30N3O+. The van der Waals surface area contributed by atoms with E-state index in [9.17, 15) is 4.79 Å². The number of fused-ring (bicyclic) bond motifs is 1. The Balaban J connectivity index is 2.02. The predicted molar refractivity (Wildman–Crippen MR) is 101 cm³/mol. The molecule has 1 aromatic carbocycles. The number of anilines is 1. The summed E-state index contributed by atoms with van der Waals surface area (Å²) in [4.78, 5) is 20.2. The van der Waals surface area contributed by atoms with E-state index in [4.69, 9.17) is 0 Å². The second-order valence-corrected chi connectivity index (χ2v) is 7.37. The van der Waals surface area contributed by atoms with Crippen LogP contribution in [0.4, 0.5) is 5.69 Å². The van der Waals surface area contributed by atoms with Gasteiger partial charge in [-0.25, -0.2) is 0 Å². The highest BCUT2D eigenvalue weighted by molar-refractivity contribution is 5.83. The van der Waals surface area contributed by atoms with E-state index in [0.717, 1.165) is 34.4 Å². The summed E-state index contributed by atoms with van der Waals surface area (Å²) in [5.74, 6) is 0. The molecule has 24 heavy (non-hydrogen) atoms. The number of pyridine rings is 1. The van der Waals surface area contributed by atoms with Gasteiger partial charge in [-0.15, -0.1) is 0 Å². The van der Waals surface area contributed by atoms with Crippen LogP contribution in [0.5, 0.6) is 0 Å². The molecule has 1 aromatic heterocycles. The molecular weight excluding hydrogens is 298 g/mol. The van der Waals surface area contributed by atoms with E-state index in [2.05, 4.69) is 18.0 Å². The predicted octanol–water partition coefficient (Wildman–Crippen LogP) is 2.25. The lowest BCUT2D eigenvalue weighted by atomic mass is 9.98. The van der Waals surface area contributed by atoms with Gasteiger partial charge in [-0.3, -0.25) is 4.79 Å². The maximum absolute atomic E-state index is 13.1. The molecule has 0 spiro atoms. The smallest absolute Gasteiger partial charge is 0.198 e. The Hall–Kier alpha value is -1.81. The summed E-state index contributed by atoms with van der Waals surface area (Å²) in [6.45, 7) is 6.35. The zero-order valence-electron chi connectivity index (χ0n) is 15.4. The van der Waals surface area contributed by atoms with Crippen molar-refractivity contribution >= 4 is 16.6 Å². The van der Waals surface area contributed by atoms with Crippen molar-refractivity contribution in [1.29, 1.82) is 0 Å². The highest BCUT2D eigenvalue weighted by Crippen LogP contribution is 2.18. The zero-order chi connectivity index (χ0) is 17.3. The van der Waals surface area contributed by atoms with Gasteiger partial charge in [-0.1, -0.05) is 6.92 Å². The maximum Gasteiger partial charge on any atom is 0.198 e. The average Bonchev–Trinajstić information content (AvgIpc) is 2.58. The number of aryl methyl sites for hydroxylation is 1. The van der Waals surface area contributed by atoms with Gasteiger partial charge >= 0.3 is 0 Å². The molecule has 0 bridgehead atoms. The van der Waals surface area contributed by atoms with Crippen LogP contribution < -0.4 is 15.2 Å². The molecule has 3 rings (SSSR count). The Morgan fingerprint density at radius 1 is 1.29 bits per heavy atom. The number of hydrogen-bond donors (Lipinski definition) is 2. The number of hydrogen-bond acceptors (Lipinski definition) is 2. The summed E-state index contributed by atoms with van der Waals surface area (Å²) in [5, 5.41) is 0.811. The highest BCUT2D eigenvalue weighted by atomic mass is 16.1. The average molecular weight is 328 g/mol. The van der Waals surface area contributed by atoms with Crippen molar-refractivity contribution in [3.8, 4) is 0 Å². The third-order valence-electron chi connectivity index (χ3n) is 5.59. The van der Waals surface area contributed by atoms with Gasteiger partial charge in [-0.2, -0.15) is 0 Å². The van der Waals surface area contributed by atoms with Crippen LogP contribution in [0, 0.1) is 6.92 Å². The van der Waals surface area contributed by atoms with Crippen LogP contribution in [-0.4, -0.2) is 31.7 Å². The van der Waals surface area contributed by atoms with Gasteiger partial charge < -0.3 is 14.8 Å². The Morgan fingerprint density at radius 3 is 2.79 bits per heavy atom. The summed E-state index contributed by atoms with van der Waals surface area (Å²) < 4.78 is 0. The quantitative estimate of drug-likeness (QED) is 0.904. The lowest BCUT2D eigenvalue weighted by Crippen LogP contribution is -3.15. The lowest BCUT2D eigenvalue weighted by molar-refractivity contribution is -0.944. The second kappa shape index (κ2) is 6.98. The fourth-order valence-electron chi connectivity index (χ4n) is 4.03. The molecule has 0 amide bonds. The van der Waals surface area contributed by atoms with Crippen molar-refractivity contribution in [2.24, 2.45) is 0 Å². The van der Waals surface area contributed by atoms with Gasteiger partial charge in [0.2, 0.25) is 0 Å². The van der Waals surface area contributed by atoms with Crippen LogP contribution in [0.15, 0.2) is 23.0 Å².